The molecule has 0 N–H and O–H groups in total. The van der Waals surface area contributed by atoms with Gasteiger partial charge in [-0.3, -0.25) is 0 Å². The summed E-state index contributed by atoms with van der Waals surface area (Å²) in [5.41, 5.74) is 4.80. The van der Waals surface area contributed by atoms with Gasteiger partial charge in [-0.1, -0.05) is 70.4 Å². The molecule has 0 bridgehead atoms. The van der Waals surface area contributed by atoms with Gasteiger partial charge < -0.3 is 0 Å². The third-order valence-corrected chi connectivity index (χ3v) is 4.95. The van der Waals surface area contributed by atoms with Crippen molar-refractivity contribution in [2.75, 3.05) is 0 Å². The predicted molar refractivity (Wildman–Crippen MR) is 83.5 cm³/mol. The van der Waals surface area contributed by atoms with Crippen molar-refractivity contribution in [2.45, 2.75) is 64.2 Å². The molecule has 102 valence electrons. The molecule has 19 heavy (non-hydrogen) atoms. The second kappa shape index (κ2) is 4.81. The van der Waals surface area contributed by atoms with Gasteiger partial charge in [-0.15, -0.1) is 0 Å². The summed E-state index contributed by atoms with van der Waals surface area (Å²) in [4.78, 5) is 0. The standard InChI is InChI=1S/C19H26/c1-19(2,3)16-11-9-15-10-12-17(18(15)13-16)14-7-5-4-6-8-14/h9-14,17H,4-8H2,1-3H3. The SMILES string of the molecule is CC(C)(C)c1ccc2c(c1)C(C1CCCCC1)C=C2. The van der Waals surface area contributed by atoms with E-state index in [1.54, 1.807) is 5.56 Å². The lowest BCUT2D eigenvalue weighted by atomic mass is 9.76. The zero-order valence-corrected chi connectivity index (χ0v) is 12.6. The fourth-order valence-corrected chi connectivity index (χ4v) is 3.70. The maximum absolute atomic E-state index is 2.48. The summed E-state index contributed by atoms with van der Waals surface area (Å²) in [5.74, 6) is 1.58. The first kappa shape index (κ1) is 13.0. The Hall–Kier alpha value is -1.04. The van der Waals surface area contributed by atoms with E-state index in [2.05, 4.69) is 51.1 Å². The van der Waals surface area contributed by atoms with Crippen LogP contribution in [0.4, 0.5) is 0 Å². The molecule has 0 aromatic heterocycles. The minimum absolute atomic E-state index is 0.259. The van der Waals surface area contributed by atoms with Gasteiger partial charge in [0, 0.05) is 5.92 Å². The van der Waals surface area contributed by atoms with Crippen molar-refractivity contribution in [1.82, 2.24) is 0 Å². The molecule has 0 spiro atoms. The normalized spacial score (nSPS) is 23.6. The molecule has 1 aromatic rings. The summed E-state index contributed by atoms with van der Waals surface area (Å²) < 4.78 is 0. The van der Waals surface area contributed by atoms with Crippen LogP contribution < -0.4 is 0 Å². The van der Waals surface area contributed by atoms with Crippen molar-refractivity contribution in [3.8, 4) is 0 Å². The molecule has 0 nitrogen and oxygen atoms in total. The minimum Gasteiger partial charge on any atom is -0.0761 e. The van der Waals surface area contributed by atoms with E-state index in [-0.39, 0.29) is 5.41 Å². The maximum atomic E-state index is 2.48. The Morgan fingerprint density at radius 2 is 1.74 bits per heavy atom. The highest BCUT2D eigenvalue weighted by atomic mass is 14.3. The molecule has 1 aromatic carbocycles. The molecule has 0 radical (unpaired) electrons. The average molecular weight is 254 g/mol. The zero-order chi connectivity index (χ0) is 13.5. The van der Waals surface area contributed by atoms with Crippen LogP contribution >= 0.6 is 0 Å². The van der Waals surface area contributed by atoms with E-state index in [0.717, 1.165) is 5.92 Å². The number of hydrogen-bond acceptors (Lipinski definition) is 0. The molecule has 0 saturated heterocycles. The van der Waals surface area contributed by atoms with Crippen molar-refractivity contribution in [3.63, 3.8) is 0 Å². The summed E-state index contributed by atoms with van der Waals surface area (Å²) in [6.07, 6.45) is 12.0. The Morgan fingerprint density at radius 3 is 2.42 bits per heavy atom. The Labute approximate surface area is 117 Å². The van der Waals surface area contributed by atoms with Crippen LogP contribution in [0.1, 0.15) is 75.5 Å². The quantitative estimate of drug-likeness (QED) is 0.605. The minimum atomic E-state index is 0.259. The summed E-state index contributed by atoms with van der Waals surface area (Å²) in [6, 6.07) is 7.12. The lowest BCUT2D eigenvalue weighted by Crippen LogP contribution is -2.16. The molecule has 0 heterocycles. The molecular weight excluding hydrogens is 228 g/mol. The molecule has 1 unspecified atom stereocenters. The number of benzene rings is 1. The Balaban J connectivity index is 1.91. The summed E-state index contributed by atoms with van der Waals surface area (Å²) in [6.45, 7) is 6.94. The van der Waals surface area contributed by atoms with Crippen molar-refractivity contribution in [3.05, 3.63) is 41.0 Å². The second-order valence-electron chi connectivity index (χ2n) is 7.38. The van der Waals surface area contributed by atoms with Gasteiger partial charge in [-0.25, -0.2) is 0 Å². The summed E-state index contributed by atoms with van der Waals surface area (Å²) >= 11 is 0. The molecule has 0 aliphatic heterocycles. The van der Waals surface area contributed by atoms with E-state index in [4.69, 9.17) is 0 Å². The largest absolute Gasteiger partial charge is 0.0761 e. The monoisotopic (exact) mass is 254 g/mol. The topological polar surface area (TPSA) is 0 Å². The van der Waals surface area contributed by atoms with Crippen LogP contribution in [-0.2, 0) is 5.41 Å². The molecule has 2 aliphatic carbocycles. The van der Waals surface area contributed by atoms with Crippen LogP contribution in [0, 0.1) is 5.92 Å². The Bertz CT molecular complexity index is 481. The molecular formula is C19H26. The van der Waals surface area contributed by atoms with Crippen LogP contribution in [0.2, 0.25) is 0 Å². The third kappa shape index (κ3) is 2.50. The molecule has 0 amide bonds. The highest BCUT2D eigenvalue weighted by Crippen LogP contribution is 2.43. The van der Waals surface area contributed by atoms with E-state index in [1.165, 1.54) is 43.2 Å². The lowest BCUT2D eigenvalue weighted by molar-refractivity contribution is 0.334. The van der Waals surface area contributed by atoms with Gasteiger partial charge >= 0.3 is 0 Å². The first-order valence-electron chi connectivity index (χ1n) is 7.88. The maximum Gasteiger partial charge on any atom is 0.00556 e. The van der Waals surface area contributed by atoms with E-state index < -0.39 is 0 Å². The van der Waals surface area contributed by atoms with Crippen LogP contribution in [0.3, 0.4) is 0 Å². The van der Waals surface area contributed by atoms with Crippen molar-refractivity contribution >= 4 is 6.08 Å². The van der Waals surface area contributed by atoms with Crippen LogP contribution in [-0.4, -0.2) is 0 Å². The smallest absolute Gasteiger partial charge is 0.00556 e. The Morgan fingerprint density at radius 1 is 1.00 bits per heavy atom. The highest BCUT2D eigenvalue weighted by Gasteiger charge is 2.28. The van der Waals surface area contributed by atoms with Gasteiger partial charge in [0.25, 0.3) is 0 Å². The van der Waals surface area contributed by atoms with Gasteiger partial charge in [-0.05, 0) is 40.9 Å². The fourth-order valence-electron chi connectivity index (χ4n) is 3.70. The number of rotatable bonds is 1. The second-order valence-corrected chi connectivity index (χ2v) is 7.38. The van der Waals surface area contributed by atoms with Crippen LogP contribution in [0.5, 0.6) is 0 Å². The summed E-state index contributed by atoms with van der Waals surface area (Å²) in [5, 5.41) is 0. The van der Waals surface area contributed by atoms with Gasteiger partial charge in [0.1, 0.15) is 0 Å². The summed E-state index contributed by atoms with van der Waals surface area (Å²) in [7, 11) is 0. The van der Waals surface area contributed by atoms with Crippen molar-refractivity contribution in [2.24, 2.45) is 5.92 Å². The van der Waals surface area contributed by atoms with Gasteiger partial charge in [0.15, 0.2) is 0 Å². The highest BCUT2D eigenvalue weighted by molar-refractivity contribution is 5.63. The molecule has 1 fully saturated rings. The van der Waals surface area contributed by atoms with Gasteiger partial charge in [0.05, 0.1) is 0 Å². The third-order valence-electron chi connectivity index (χ3n) is 4.95. The van der Waals surface area contributed by atoms with E-state index in [9.17, 15) is 0 Å². The predicted octanol–water partition coefficient (Wildman–Crippen LogP) is 5.67. The molecule has 2 aliphatic rings. The number of allylic oxidation sites excluding steroid dienone is 1. The van der Waals surface area contributed by atoms with E-state index >= 15 is 0 Å². The van der Waals surface area contributed by atoms with Crippen molar-refractivity contribution in [1.29, 1.82) is 0 Å². The average Bonchev–Trinajstić information content (AvgIpc) is 2.81. The molecule has 0 heteroatoms. The van der Waals surface area contributed by atoms with E-state index in [1.807, 2.05) is 0 Å². The van der Waals surface area contributed by atoms with Crippen LogP contribution in [0.15, 0.2) is 24.3 Å². The lowest BCUT2D eigenvalue weighted by Gasteiger charge is -2.28. The molecule has 3 rings (SSSR count). The molecule has 1 saturated carbocycles. The van der Waals surface area contributed by atoms with Crippen molar-refractivity contribution < 1.29 is 0 Å². The van der Waals surface area contributed by atoms with Gasteiger partial charge in [-0.2, -0.15) is 0 Å². The Kier molecular flexibility index (Phi) is 3.28. The van der Waals surface area contributed by atoms with E-state index in [0.29, 0.717) is 5.92 Å². The first-order chi connectivity index (χ1) is 9.05. The number of fused-ring (bicyclic) bond motifs is 1. The van der Waals surface area contributed by atoms with Gasteiger partial charge in [0.2, 0.25) is 0 Å². The molecule has 1 atom stereocenters. The zero-order valence-electron chi connectivity index (χ0n) is 12.6. The first-order valence-corrected chi connectivity index (χ1v) is 7.88. The number of hydrogen-bond donors (Lipinski definition) is 0. The van der Waals surface area contributed by atoms with Crippen LogP contribution in [0.25, 0.3) is 6.08 Å². The fraction of sp³-hybridized carbons (Fsp3) is 0.579.